The van der Waals surface area contributed by atoms with E-state index >= 15 is 0 Å². The van der Waals surface area contributed by atoms with Crippen LogP contribution in [0.1, 0.15) is 77.6 Å². The third kappa shape index (κ3) is 8.99. The zero-order valence-corrected chi connectivity index (χ0v) is 20.5. The van der Waals surface area contributed by atoms with Crippen molar-refractivity contribution in [1.29, 1.82) is 0 Å². The standard InChI is InChI=1S/C24H39N3O4/c1-10-13-27(19(28)15-25-22(30)31-24(7,8)9)20(21(29)26-23(4,5)6)18-12-11-16(2)14-17(18)3/h11-12,14,20H,10,13,15H2,1-9H3,(H,25,30)(H,26,29). The largest absolute Gasteiger partial charge is 0.444 e. The molecule has 0 aromatic heterocycles. The molecule has 1 aromatic rings. The van der Waals surface area contributed by atoms with E-state index in [1.165, 1.54) is 4.90 Å². The number of rotatable bonds is 7. The van der Waals surface area contributed by atoms with Crippen LogP contribution in [0.2, 0.25) is 0 Å². The van der Waals surface area contributed by atoms with Gasteiger partial charge in [-0.3, -0.25) is 9.59 Å². The van der Waals surface area contributed by atoms with Crippen LogP contribution in [0.5, 0.6) is 0 Å². The summed E-state index contributed by atoms with van der Waals surface area (Å²) in [5, 5.41) is 5.52. The second kappa shape index (κ2) is 10.6. The average Bonchev–Trinajstić information content (AvgIpc) is 2.58. The van der Waals surface area contributed by atoms with E-state index in [9.17, 15) is 14.4 Å². The number of aryl methyl sites for hydroxylation is 2. The van der Waals surface area contributed by atoms with Gasteiger partial charge in [-0.05, 0) is 72.9 Å². The quantitative estimate of drug-likeness (QED) is 0.680. The first-order valence-electron chi connectivity index (χ1n) is 10.8. The average molecular weight is 434 g/mol. The van der Waals surface area contributed by atoms with Crippen LogP contribution in [0, 0.1) is 13.8 Å². The van der Waals surface area contributed by atoms with Crippen molar-refractivity contribution in [2.75, 3.05) is 13.1 Å². The lowest BCUT2D eigenvalue weighted by molar-refractivity contribution is -0.141. The Hall–Kier alpha value is -2.57. The van der Waals surface area contributed by atoms with Gasteiger partial charge in [0.1, 0.15) is 18.2 Å². The molecule has 0 bridgehead atoms. The lowest BCUT2D eigenvalue weighted by atomic mass is 9.96. The minimum Gasteiger partial charge on any atom is -0.444 e. The molecule has 1 rings (SSSR count). The monoisotopic (exact) mass is 433 g/mol. The number of hydrogen-bond donors (Lipinski definition) is 2. The Labute approximate surface area is 186 Å². The van der Waals surface area contributed by atoms with E-state index in [-0.39, 0.29) is 18.4 Å². The maximum atomic E-state index is 13.3. The zero-order valence-electron chi connectivity index (χ0n) is 20.5. The third-order valence-corrected chi connectivity index (χ3v) is 4.35. The highest BCUT2D eigenvalue weighted by molar-refractivity contribution is 5.91. The SMILES string of the molecule is CCCN(C(=O)CNC(=O)OC(C)(C)C)C(C(=O)NC(C)(C)C)c1ccc(C)cc1C. The van der Waals surface area contributed by atoms with Crippen molar-refractivity contribution in [2.45, 2.75) is 85.9 Å². The molecule has 7 nitrogen and oxygen atoms in total. The van der Waals surface area contributed by atoms with Crippen LogP contribution >= 0.6 is 0 Å². The number of nitrogens with zero attached hydrogens (tertiary/aromatic N) is 1. The number of hydrogen-bond acceptors (Lipinski definition) is 4. The topological polar surface area (TPSA) is 87.7 Å². The first-order valence-corrected chi connectivity index (χ1v) is 10.8. The zero-order chi connectivity index (χ0) is 24.0. The number of alkyl carbamates (subject to hydrolysis) is 1. The summed E-state index contributed by atoms with van der Waals surface area (Å²) in [5.41, 5.74) is 1.67. The van der Waals surface area contributed by atoms with Gasteiger partial charge in [-0.25, -0.2) is 4.79 Å². The van der Waals surface area contributed by atoms with Crippen molar-refractivity contribution < 1.29 is 19.1 Å². The molecule has 2 N–H and O–H groups in total. The Morgan fingerprint density at radius 1 is 1.06 bits per heavy atom. The number of carbonyl (C=O) groups is 3. The molecule has 1 aromatic carbocycles. The maximum Gasteiger partial charge on any atom is 0.408 e. The van der Waals surface area contributed by atoms with E-state index < -0.39 is 23.3 Å². The van der Waals surface area contributed by atoms with Gasteiger partial charge in [0.25, 0.3) is 0 Å². The van der Waals surface area contributed by atoms with E-state index in [0.29, 0.717) is 13.0 Å². The molecular weight excluding hydrogens is 394 g/mol. The molecular formula is C24H39N3O4. The van der Waals surface area contributed by atoms with Gasteiger partial charge in [-0.1, -0.05) is 30.7 Å². The van der Waals surface area contributed by atoms with Crippen LogP contribution in [-0.2, 0) is 14.3 Å². The Bertz CT molecular complexity index is 791. The molecule has 0 saturated heterocycles. The fourth-order valence-corrected chi connectivity index (χ4v) is 3.22. The van der Waals surface area contributed by atoms with Crippen molar-refractivity contribution in [2.24, 2.45) is 0 Å². The minimum absolute atomic E-state index is 0.251. The van der Waals surface area contributed by atoms with Gasteiger partial charge in [-0.15, -0.1) is 0 Å². The first kappa shape index (κ1) is 26.5. The number of carbonyl (C=O) groups excluding carboxylic acids is 3. The van der Waals surface area contributed by atoms with Crippen molar-refractivity contribution in [3.05, 3.63) is 34.9 Å². The van der Waals surface area contributed by atoms with E-state index in [1.54, 1.807) is 20.8 Å². The summed E-state index contributed by atoms with van der Waals surface area (Å²) in [7, 11) is 0. The molecule has 3 amide bonds. The van der Waals surface area contributed by atoms with E-state index in [0.717, 1.165) is 16.7 Å². The lowest BCUT2D eigenvalue weighted by Gasteiger charge is -2.34. The smallest absolute Gasteiger partial charge is 0.408 e. The van der Waals surface area contributed by atoms with E-state index in [4.69, 9.17) is 4.74 Å². The molecule has 0 aliphatic rings. The highest BCUT2D eigenvalue weighted by Gasteiger charge is 2.34. The Morgan fingerprint density at radius 2 is 1.68 bits per heavy atom. The van der Waals surface area contributed by atoms with Gasteiger partial charge >= 0.3 is 6.09 Å². The Balaban J connectivity index is 3.24. The molecule has 1 atom stereocenters. The highest BCUT2D eigenvalue weighted by Crippen LogP contribution is 2.26. The first-order chi connectivity index (χ1) is 14.1. The minimum atomic E-state index is -0.798. The summed E-state index contributed by atoms with van der Waals surface area (Å²) in [6, 6.07) is 5.04. The molecule has 0 saturated carbocycles. The third-order valence-electron chi connectivity index (χ3n) is 4.35. The lowest BCUT2D eigenvalue weighted by Crippen LogP contribution is -2.51. The van der Waals surface area contributed by atoms with Gasteiger partial charge in [0, 0.05) is 12.1 Å². The van der Waals surface area contributed by atoms with E-state index in [1.807, 2.05) is 59.7 Å². The van der Waals surface area contributed by atoms with Crippen LogP contribution in [0.25, 0.3) is 0 Å². The van der Waals surface area contributed by atoms with Crippen LogP contribution < -0.4 is 10.6 Å². The normalized spacial score (nSPS) is 12.7. The second-order valence-corrected chi connectivity index (χ2v) is 9.94. The summed E-state index contributed by atoms with van der Waals surface area (Å²) in [5.74, 6) is -0.597. The fourth-order valence-electron chi connectivity index (χ4n) is 3.22. The van der Waals surface area contributed by atoms with Crippen LogP contribution in [0.3, 0.4) is 0 Å². The van der Waals surface area contributed by atoms with Crippen LogP contribution in [0.4, 0.5) is 4.79 Å². The molecule has 174 valence electrons. The molecule has 7 heteroatoms. The van der Waals surface area contributed by atoms with Crippen molar-refractivity contribution >= 4 is 17.9 Å². The number of benzene rings is 1. The number of nitrogens with one attached hydrogen (secondary N) is 2. The summed E-state index contributed by atoms with van der Waals surface area (Å²) < 4.78 is 5.22. The summed E-state index contributed by atoms with van der Waals surface area (Å²) >= 11 is 0. The van der Waals surface area contributed by atoms with Crippen molar-refractivity contribution in [3.63, 3.8) is 0 Å². The summed E-state index contributed by atoms with van der Waals surface area (Å²) in [6.45, 7) is 17.0. The molecule has 1 unspecified atom stereocenters. The van der Waals surface area contributed by atoms with Gasteiger partial charge in [0.2, 0.25) is 11.8 Å². The molecule has 0 spiro atoms. The Kier molecular flexibility index (Phi) is 9.09. The highest BCUT2D eigenvalue weighted by atomic mass is 16.6. The Morgan fingerprint density at radius 3 is 2.16 bits per heavy atom. The summed E-state index contributed by atoms with van der Waals surface area (Å²) in [4.78, 5) is 40.0. The molecule has 0 aliphatic heterocycles. The predicted molar refractivity (Wildman–Crippen MR) is 123 cm³/mol. The van der Waals surface area contributed by atoms with Gasteiger partial charge < -0.3 is 20.3 Å². The van der Waals surface area contributed by atoms with Gasteiger partial charge in [0.15, 0.2) is 0 Å². The van der Waals surface area contributed by atoms with Crippen molar-refractivity contribution in [3.8, 4) is 0 Å². The van der Waals surface area contributed by atoms with Gasteiger partial charge in [0.05, 0.1) is 0 Å². The maximum absolute atomic E-state index is 13.3. The van der Waals surface area contributed by atoms with Gasteiger partial charge in [-0.2, -0.15) is 0 Å². The molecule has 0 aliphatic carbocycles. The summed E-state index contributed by atoms with van der Waals surface area (Å²) in [6.07, 6.45) is 0.00191. The number of amides is 3. The van der Waals surface area contributed by atoms with Crippen LogP contribution in [0.15, 0.2) is 18.2 Å². The van der Waals surface area contributed by atoms with Crippen molar-refractivity contribution in [1.82, 2.24) is 15.5 Å². The predicted octanol–water partition coefficient (Wildman–Crippen LogP) is 4.02. The number of ether oxygens (including phenoxy) is 1. The molecule has 0 radical (unpaired) electrons. The van der Waals surface area contributed by atoms with Crippen LogP contribution in [-0.4, -0.2) is 47.0 Å². The molecule has 31 heavy (non-hydrogen) atoms. The fraction of sp³-hybridized carbons (Fsp3) is 0.625. The molecule has 0 fully saturated rings. The second-order valence-electron chi connectivity index (χ2n) is 9.94. The van der Waals surface area contributed by atoms with E-state index in [2.05, 4.69) is 10.6 Å². The molecule has 0 heterocycles.